The summed E-state index contributed by atoms with van der Waals surface area (Å²) in [5.41, 5.74) is 0. The highest BCUT2D eigenvalue weighted by Gasteiger charge is 2.24. The van der Waals surface area contributed by atoms with Crippen LogP contribution in [0.3, 0.4) is 0 Å². The predicted molar refractivity (Wildman–Crippen MR) is 69.7 cm³/mol. The molecule has 0 spiro atoms. The fourth-order valence-electron chi connectivity index (χ4n) is 1.79. The first-order valence-corrected chi connectivity index (χ1v) is 6.59. The van der Waals surface area contributed by atoms with Crippen molar-refractivity contribution in [1.82, 2.24) is 15.5 Å². The van der Waals surface area contributed by atoms with E-state index in [9.17, 15) is 9.59 Å². The molecule has 1 rings (SSSR count). The largest absolute Gasteiger partial charge is 0.396 e. The van der Waals surface area contributed by atoms with Crippen LogP contribution in [0.5, 0.6) is 0 Å². The van der Waals surface area contributed by atoms with E-state index in [-0.39, 0.29) is 31.0 Å². The zero-order valence-corrected chi connectivity index (χ0v) is 11.5. The molecule has 7 heteroatoms. The van der Waals surface area contributed by atoms with Gasteiger partial charge in [-0.3, -0.25) is 4.79 Å². The van der Waals surface area contributed by atoms with Gasteiger partial charge in [0.05, 0.1) is 13.2 Å². The molecule has 0 aromatic rings. The molecule has 0 bridgehead atoms. The Hall–Kier alpha value is -1.34. The number of hydrogen-bond acceptors (Lipinski definition) is 4. The first kappa shape index (κ1) is 15.7. The van der Waals surface area contributed by atoms with Crippen molar-refractivity contribution in [2.24, 2.45) is 0 Å². The number of aliphatic hydroxyl groups excluding tert-OH is 1. The van der Waals surface area contributed by atoms with E-state index in [2.05, 4.69) is 10.6 Å². The monoisotopic (exact) mass is 273 g/mol. The molecule has 7 nitrogen and oxygen atoms in total. The van der Waals surface area contributed by atoms with E-state index in [0.717, 1.165) is 0 Å². The Kier molecular flexibility index (Phi) is 6.58. The predicted octanol–water partition coefficient (Wildman–Crippen LogP) is -0.696. The van der Waals surface area contributed by atoms with Gasteiger partial charge in [0.15, 0.2) is 0 Å². The van der Waals surface area contributed by atoms with Gasteiger partial charge >= 0.3 is 6.03 Å². The van der Waals surface area contributed by atoms with Gasteiger partial charge < -0.3 is 25.4 Å². The summed E-state index contributed by atoms with van der Waals surface area (Å²) in [6.45, 7) is 5.59. The van der Waals surface area contributed by atoms with Crippen LogP contribution in [-0.2, 0) is 9.53 Å². The molecule has 3 amide bonds. The molecular weight excluding hydrogens is 250 g/mol. The number of urea groups is 1. The van der Waals surface area contributed by atoms with Crippen molar-refractivity contribution in [2.75, 3.05) is 32.9 Å². The Bertz CT molecular complexity index is 303. The lowest BCUT2D eigenvalue weighted by molar-refractivity contribution is -0.123. The van der Waals surface area contributed by atoms with Gasteiger partial charge in [-0.1, -0.05) is 0 Å². The summed E-state index contributed by atoms with van der Waals surface area (Å²) in [5, 5.41) is 14.4. The second-order valence-corrected chi connectivity index (χ2v) is 4.78. The van der Waals surface area contributed by atoms with E-state index in [0.29, 0.717) is 26.3 Å². The molecule has 1 aliphatic rings. The average Bonchev–Trinajstić information content (AvgIpc) is 2.38. The molecule has 0 aromatic carbocycles. The Morgan fingerprint density at radius 1 is 1.26 bits per heavy atom. The third kappa shape index (κ3) is 5.44. The first-order valence-electron chi connectivity index (χ1n) is 6.59. The summed E-state index contributed by atoms with van der Waals surface area (Å²) in [7, 11) is 0. The molecule has 1 fully saturated rings. The number of rotatable bonds is 5. The quantitative estimate of drug-likeness (QED) is 0.618. The number of amides is 3. The van der Waals surface area contributed by atoms with Crippen molar-refractivity contribution in [3.05, 3.63) is 0 Å². The molecule has 19 heavy (non-hydrogen) atoms. The number of morpholine rings is 1. The maximum absolute atomic E-state index is 12.0. The van der Waals surface area contributed by atoms with Gasteiger partial charge in [0.25, 0.3) is 0 Å². The smallest absolute Gasteiger partial charge is 0.318 e. The summed E-state index contributed by atoms with van der Waals surface area (Å²) < 4.78 is 5.16. The van der Waals surface area contributed by atoms with Crippen molar-refractivity contribution in [2.45, 2.75) is 32.4 Å². The SMILES string of the molecule is CC(C)NC(=O)[C@H](CCO)NC(=O)N1CCOCC1. The highest BCUT2D eigenvalue weighted by atomic mass is 16.5. The number of aliphatic hydroxyl groups is 1. The van der Waals surface area contributed by atoms with Gasteiger partial charge in [0, 0.05) is 25.7 Å². The van der Waals surface area contributed by atoms with Crippen LogP contribution < -0.4 is 10.6 Å². The van der Waals surface area contributed by atoms with Crippen LogP contribution in [0.4, 0.5) is 4.79 Å². The van der Waals surface area contributed by atoms with Crippen LogP contribution in [0.25, 0.3) is 0 Å². The normalized spacial score (nSPS) is 17.2. The standard InChI is InChI=1S/C12H23N3O4/c1-9(2)13-11(17)10(3-6-16)14-12(18)15-4-7-19-8-5-15/h9-10,16H,3-8H2,1-2H3,(H,13,17)(H,14,18)/t10-/m0/s1. The van der Waals surface area contributed by atoms with Crippen molar-refractivity contribution >= 4 is 11.9 Å². The second kappa shape index (κ2) is 7.96. The van der Waals surface area contributed by atoms with Gasteiger partial charge in [0.2, 0.25) is 5.91 Å². The van der Waals surface area contributed by atoms with Crippen molar-refractivity contribution in [3.63, 3.8) is 0 Å². The minimum absolute atomic E-state index is 0.00557. The maximum Gasteiger partial charge on any atom is 0.318 e. The number of hydrogen-bond donors (Lipinski definition) is 3. The highest BCUT2D eigenvalue weighted by Crippen LogP contribution is 2.00. The lowest BCUT2D eigenvalue weighted by Gasteiger charge is -2.29. The van der Waals surface area contributed by atoms with Crippen LogP contribution >= 0.6 is 0 Å². The van der Waals surface area contributed by atoms with E-state index in [1.807, 2.05) is 13.8 Å². The Morgan fingerprint density at radius 3 is 2.42 bits per heavy atom. The lowest BCUT2D eigenvalue weighted by Crippen LogP contribution is -2.54. The van der Waals surface area contributed by atoms with E-state index in [1.165, 1.54) is 0 Å². The zero-order valence-electron chi connectivity index (χ0n) is 11.5. The summed E-state index contributed by atoms with van der Waals surface area (Å²) in [6, 6.07) is -1.00. The number of ether oxygens (including phenoxy) is 1. The summed E-state index contributed by atoms with van der Waals surface area (Å²) in [6.07, 6.45) is 0.203. The van der Waals surface area contributed by atoms with E-state index in [4.69, 9.17) is 9.84 Å². The molecule has 1 saturated heterocycles. The zero-order chi connectivity index (χ0) is 14.3. The highest BCUT2D eigenvalue weighted by molar-refractivity contribution is 5.87. The molecule has 110 valence electrons. The van der Waals surface area contributed by atoms with Gasteiger partial charge in [-0.2, -0.15) is 0 Å². The van der Waals surface area contributed by atoms with Crippen molar-refractivity contribution in [3.8, 4) is 0 Å². The minimum atomic E-state index is -0.706. The van der Waals surface area contributed by atoms with E-state index in [1.54, 1.807) is 4.90 Å². The molecule has 0 unspecified atom stereocenters. The van der Waals surface area contributed by atoms with Gasteiger partial charge in [-0.05, 0) is 20.3 Å². The van der Waals surface area contributed by atoms with Crippen LogP contribution in [0.1, 0.15) is 20.3 Å². The van der Waals surface area contributed by atoms with Crippen LogP contribution in [0.2, 0.25) is 0 Å². The van der Waals surface area contributed by atoms with Crippen molar-refractivity contribution in [1.29, 1.82) is 0 Å². The molecular formula is C12H23N3O4. The van der Waals surface area contributed by atoms with Gasteiger partial charge in [0.1, 0.15) is 6.04 Å². The number of nitrogens with one attached hydrogen (secondary N) is 2. The summed E-state index contributed by atoms with van der Waals surface area (Å²) >= 11 is 0. The molecule has 1 heterocycles. The molecule has 0 aromatic heterocycles. The minimum Gasteiger partial charge on any atom is -0.396 e. The second-order valence-electron chi connectivity index (χ2n) is 4.78. The molecule has 0 saturated carbocycles. The molecule has 0 radical (unpaired) electrons. The third-order valence-corrected chi connectivity index (χ3v) is 2.76. The number of carbonyl (C=O) groups is 2. The Balaban J connectivity index is 2.51. The summed E-state index contributed by atoms with van der Waals surface area (Å²) in [5.74, 6) is -0.273. The lowest BCUT2D eigenvalue weighted by atomic mass is 10.2. The molecule has 0 aliphatic carbocycles. The summed E-state index contributed by atoms with van der Waals surface area (Å²) in [4.78, 5) is 25.5. The molecule has 1 atom stereocenters. The van der Waals surface area contributed by atoms with E-state index >= 15 is 0 Å². The van der Waals surface area contributed by atoms with Gasteiger partial charge in [-0.15, -0.1) is 0 Å². The average molecular weight is 273 g/mol. The number of nitrogens with zero attached hydrogens (tertiary/aromatic N) is 1. The fraction of sp³-hybridized carbons (Fsp3) is 0.833. The number of carbonyl (C=O) groups excluding carboxylic acids is 2. The van der Waals surface area contributed by atoms with Gasteiger partial charge in [-0.25, -0.2) is 4.79 Å². The molecule has 3 N–H and O–H groups in total. The van der Waals surface area contributed by atoms with Crippen LogP contribution in [0.15, 0.2) is 0 Å². The third-order valence-electron chi connectivity index (χ3n) is 2.76. The maximum atomic E-state index is 12.0. The molecule has 1 aliphatic heterocycles. The first-order chi connectivity index (χ1) is 9.04. The topological polar surface area (TPSA) is 90.9 Å². The van der Waals surface area contributed by atoms with E-state index < -0.39 is 6.04 Å². The Morgan fingerprint density at radius 2 is 1.89 bits per heavy atom. The Labute approximate surface area is 113 Å². The van der Waals surface area contributed by atoms with Crippen molar-refractivity contribution < 1.29 is 19.4 Å². The van der Waals surface area contributed by atoms with Crippen LogP contribution in [-0.4, -0.2) is 66.9 Å². The fourth-order valence-corrected chi connectivity index (χ4v) is 1.79. The van der Waals surface area contributed by atoms with Crippen LogP contribution in [0, 0.1) is 0 Å².